The Kier molecular flexibility index (Phi) is 35.6. The lowest BCUT2D eigenvalue weighted by Crippen LogP contribution is -2.15. The Balaban J connectivity index is 1.69. The number of halogens is 1. The quantitative estimate of drug-likeness (QED) is 0.0859. The molecule has 0 bridgehead atoms. The molecule has 0 aliphatic heterocycles. The van der Waals surface area contributed by atoms with Gasteiger partial charge in [0.25, 0.3) is 0 Å². The van der Waals surface area contributed by atoms with Crippen LogP contribution < -0.4 is 4.74 Å². The van der Waals surface area contributed by atoms with E-state index in [0.29, 0.717) is 132 Å². The zero-order valence-corrected chi connectivity index (χ0v) is 29.7. The van der Waals surface area contributed by atoms with Crippen LogP contribution in [0.4, 0.5) is 4.39 Å². The SMILES string of the molecule is CCCCCCCCc1ccc(OCCOCCOCCOCCOCCOCCOCCOCCOCCOCCOCCF)cc1. The second kappa shape index (κ2) is 38.4. The van der Waals surface area contributed by atoms with Gasteiger partial charge in [-0.2, -0.15) is 0 Å². The number of hydrogen-bond donors (Lipinski definition) is 0. The number of alkyl halides is 1. The van der Waals surface area contributed by atoms with Crippen molar-refractivity contribution in [2.45, 2.75) is 51.9 Å². The van der Waals surface area contributed by atoms with Gasteiger partial charge in [0.2, 0.25) is 0 Å². The summed E-state index contributed by atoms with van der Waals surface area (Å²) in [5.74, 6) is 0.883. The molecule has 0 saturated heterocycles. The molecular formula is C36H65FO11. The van der Waals surface area contributed by atoms with Crippen molar-refractivity contribution < 1.29 is 56.5 Å². The summed E-state index contributed by atoms with van der Waals surface area (Å²) in [6, 6.07) is 8.42. The number of hydrogen-bond acceptors (Lipinski definition) is 11. The Labute approximate surface area is 289 Å². The van der Waals surface area contributed by atoms with E-state index < -0.39 is 6.67 Å². The highest BCUT2D eigenvalue weighted by molar-refractivity contribution is 5.27. The predicted octanol–water partition coefficient (Wildman–Crippen LogP) is 5.10. The molecule has 0 aromatic heterocycles. The maximum atomic E-state index is 11.8. The highest BCUT2D eigenvalue weighted by Gasteiger charge is 1.99. The topological polar surface area (TPSA) is 102 Å². The number of aryl methyl sites for hydroxylation is 1. The van der Waals surface area contributed by atoms with E-state index in [4.69, 9.17) is 52.1 Å². The third-order valence-corrected chi connectivity index (χ3v) is 6.81. The van der Waals surface area contributed by atoms with Crippen LogP contribution in [0.15, 0.2) is 24.3 Å². The molecule has 0 heterocycles. The van der Waals surface area contributed by atoms with Crippen LogP contribution in [0.5, 0.6) is 5.75 Å². The Hall–Kier alpha value is -1.45. The summed E-state index contributed by atoms with van der Waals surface area (Å²) < 4.78 is 71.7. The summed E-state index contributed by atoms with van der Waals surface area (Å²) >= 11 is 0. The molecule has 0 spiro atoms. The van der Waals surface area contributed by atoms with Crippen molar-refractivity contribution in [3.63, 3.8) is 0 Å². The predicted molar refractivity (Wildman–Crippen MR) is 183 cm³/mol. The fourth-order valence-electron chi connectivity index (χ4n) is 4.22. The van der Waals surface area contributed by atoms with Crippen molar-refractivity contribution in [2.24, 2.45) is 0 Å². The molecule has 0 amide bonds. The minimum absolute atomic E-state index is 0.115. The van der Waals surface area contributed by atoms with Crippen LogP contribution in [0.2, 0.25) is 0 Å². The molecule has 12 heteroatoms. The van der Waals surface area contributed by atoms with Crippen LogP contribution in [0, 0.1) is 0 Å². The van der Waals surface area contributed by atoms with Crippen LogP contribution in [-0.2, 0) is 53.8 Å². The standard InChI is InChI=1S/C36H65FO11/c1-2-3-4-5-6-7-8-35-9-11-36(12-10-35)48-34-33-47-32-31-46-30-29-45-28-27-44-26-25-43-24-23-42-22-21-41-20-19-40-18-17-39-16-15-38-14-13-37/h9-12H,2-8,13-34H2,1H3. The summed E-state index contributed by atoms with van der Waals surface area (Å²) in [7, 11) is 0. The molecule has 0 atom stereocenters. The molecule has 0 unspecified atom stereocenters. The number of ether oxygens (including phenoxy) is 11. The summed E-state index contributed by atoms with van der Waals surface area (Å²) in [6.07, 6.45) is 9.08. The van der Waals surface area contributed by atoms with Gasteiger partial charge in [-0.15, -0.1) is 0 Å². The molecule has 1 aromatic carbocycles. The van der Waals surface area contributed by atoms with E-state index in [0.717, 1.165) is 12.2 Å². The zero-order chi connectivity index (χ0) is 34.3. The van der Waals surface area contributed by atoms with Crippen molar-refractivity contribution >= 4 is 0 Å². The molecule has 282 valence electrons. The molecule has 0 radical (unpaired) electrons. The molecule has 0 N–H and O–H groups in total. The molecule has 0 saturated carbocycles. The number of rotatable bonds is 40. The van der Waals surface area contributed by atoms with Gasteiger partial charge < -0.3 is 52.1 Å². The van der Waals surface area contributed by atoms with E-state index in [1.54, 1.807) is 0 Å². The lowest BCUT2D eigenvalue weighted by molar-refractivity contribution is -0.0268. The smallest absolute Gasteiger partial charge is 0.119 e. The van der Waals surface area contributed by atoms with Crippen molar-refractivity contribution in [1.82, 2.24) is 0 Å². The first-order valence-electron chi connectivity index (χ1n) is 17.9. The van der Waals surface area contributed by atoms with Crippen molar-refractivity contribution in [3.05, 3.63) is 29.8 Å². The first-order valence-corrected chi connectivity index (χ1v) is 17.9. The Morgan fingerprint density at radius 3 is 1.04 bits per heavy atom. The molecule has 0 aliphatic carbocycles. The molecule has 0 aliphatic rings. The van der Waals surface area contributed by atoms with Gasteiger partial charge in [0, 0.05) is 0 Å². The summed E-state index contributed by atoms with van der Waals surface area (Å²) in [6.45, 7) is 11.8. The fourth-order valence-corrected chi connectivity index (χ4v) is 4.22. The van der Waals surface area contributed by atoms with Crippen LogP contribution in [0.3, 0.4) is 0 Å². The minimum Gasteiger partial charge on any atom is -0.491 e. The van der Waals surface area contributed by atoms with Gasteiger partial charge in [-0.05, 0) is 30.5 Å². The Morgan fingerprint density at radius 1 is 0.375 bits per heavy atom. The lowest BCUT2D eigenvalue weighted by atomic mass is 10.0. The van der Waals surface area contributed by atoms with Crippen molar-refractivity contribution in [2.75, 3.05) is 145 Å². The zero-order valence-electron chi connectivity index (χ0n) is 29.7. The largest absolute Gasteiger partial charge is 0.491 e. The Bertz CT molecular complexity index is 745. The Morgan fingerprint density at radius 2 is 0.688 bits per heavy atom. The summed E-state index contributed by atoms with van der Waals surface area (Å²) in [5.41, 5.74) is 1.38. The van der Waals surface area contributed by atoms with Gasteiger partial charge >= 0.3 is 0 Å². The number of unbranched alkanes of at least 4 members (excludes halogenated alkanes) is 5. The van der Waals surface area contributed by atoms with Crippen LogP contribution in [0.1, 0.15) is 51.0 Å². The third kappa shape index (κ3) is 33.1. The van der Waals surface area contributed by atoms with Gasteiger partial charge in [-0.1, -0.05) is 51.2 Å². The second-order valence-corrected chi connectivity index (χ2v) is 10.8. The van der Waals surface area contributed by atoms with Gasteiger partial charge in [0.15, 0.2) is 0 Å². The van der Waals surface area contributed by atoms with Crippen LogP contribution in [-0.4, -0.2) is 145 Å². The van der Waals surface area contributed by atoms with E-state index in [1.807, 2.05) is 12.1 Å². The molecule has 48 heavy (non-hydrogen) atoms. The van der Waals surface area contributed by atoms with Crippen molar-refractivity contribution in [3.8, 4) is 5.75 Å². The number of benzene rings is 1. The van der Waals surface area contributed by atoms with E-state index in [1.165, 1.54) is 44.1 Å². The van der Waals surface area contributed by atoms with Gasteiger partial charge in [-0.3, -0.25) is 0 Å². The van der Waals surface area contributed by atoms with Gasteiger partial charge in [0.1, 0.15) is 19.0 Å². The molecule has 0 fully saturated rings. The normalized spacial score (nSPS) is 11.5. The lowest BCUT2D eigenvalue weighted by Gasteiger charge is -2.09. The van der Waals surface area contributed by atoms with Crippen LogP contribution >= 0.6 is 0 Å². The average molecular weight is 693 g/mol. The molecular weight excluding hydrogens is 627 g/mol. The highest BCUT2D eigenvalue weighted by atomic mass is 19.1. The first kappa shape index (κ1) is 44.6. The highest BCUT2D eigenvalue weighted by Crippen LogP contribution is 2.15. The van der Waals surface area contributed by atoms with Gasteiger partial charge in [0.05, 0.1) is 132 Å². The van der Waals surface area contributed by atoms with Crippen LogP contribution in [0.25, 0.3) is 0 Å². The third-order valence-electron chi connectivity index (χ3n) is 6.81. The molecule has 11 nitrogen and oxygen atoms in total. The summed E-state index contributed by atoms with van der Waals surface area (Å²) in [5, 5.41) is 0. The van der Waals surface area contributed by atoms with E-state index in [2.05, 4.69) is 19.1 Å². The fraction of sp³-hybridized carbons (Fsp3) is 0.833. The maximum Gasteiger partial charge on any atom is 0.119 e. The van der Waals surface area contributed by atoms with E-state index in [-0.39, 0.29) is 6.61 Å². The minimum atomic E-state index is -0.473. The second-order valence-electron chi connectivity index (χ2n) is 10.8. The van der Waals surface area contributed by atoms with E-state index in [9.17, 15) is 4.39 Å². The monoisotopic (exact) mass is 692 g/mol. The summed E-state index contributed by atoms with van der Waals surface area (Å²) in [4.78, 5) is 0. The molecule has 1 aromatic rings. The van der Waals surface area contributed by atoms with Gasteiger partial charge in [-0.25, -0.2) is 4.39 Å². The van der Waals surface area contributed by atoms with Crippen molar-refractivity contribution in [1.29, 1.82) is 0 Å². The maximum absolute atomic E-state index is 11.8. The first-order chi connectivity index (χ1) is 23.9. The average Bonchev–Trinajstić information content (AvgIpc) is 3.11. The van der Waals surface area contributed by atoms with E-state index >= 15 is 0 Å². The molecule has 1 rings (SSSR count).